The summed E-state index contributed by atoms with van der Waals surface area (Å²) in [6.07, 6.45) is 4.98. The van der Waals surface area contributed by atoms with E-state index in [-0.39, 0.29) is 11.8 Å². The molecule has 0 saturated carbocycles. The Morgan fingerprint density at radius 2 is 1.76 bits per heavy atom. The maximum absolute atomic E-state index is 13.1. The maximum Gasteiger partial charge on any atom is 0.341 e. The van der Waals surface area contributed by atoms with E-state index in [9.17, 15) is 14.4 Å². The summed E-state index contributed by atoms with van der Waals surface area (Å²) in [5.74, 6) is -0.249. The third-order valence-electron chi connectivity index (χ3n) is 6.15. The molecule has 2 N–H and O–H groups in total. The number of fused-ring (bicyclic) bond motifs is 1. The Morgan fingerprint density at radius 3 is 2.54 bits per heavy atom. The van der Waals surface area contributed by atoms with E-state index in [1.807, 2.05) is 25.1 Å². The normalized spacial score (nSPS) is 13.6. The smallest absolute Gasteiger partial charge is 0.341 e. The quantitative estimate of drug-likeness (QED) is 0.202. The van der Waals surface area contributed by atoms with Crippen LogP contribution in [0.1, 0.15) is 57.3 Å². The highest BCUT2D eigenvalue weighted by atomic mass is 32.2. The zero-order valence-electron chi connectivity index (χ0n) is 21.1. The molecule has 194 valence electrons. The Bertz CT molecular complexity index is 1300. The molecule has 2 amide bonds. The van der Waals surface area contributed by atoms with Crippen LogP contribution in [-0.4, -0.2) is 37.3 Å². The van der Waals surface area contributed by atoms with Gasteiger partial charge >= 0.3 is 5.97 Å². The average molecular weight is 539 g/mol. The van der Waals surface area contributed by atoms with Gasteiger partial charge in [-0.2, -0.15) is 0 Å². The summed E-state index contributed by atoms with van der Waals surface area (Å²) in [7, 11) is 2.92. The van der Waals surface area contributed by atoms with E-state index in [0.29, 0.717) is 27.6 Å². The Balaban J connectivity index is 1.44. The van der Waals surface area contributed by atoms with Crippen molar-refractivity contribution in [3.63, 3.8) is 0 Å². The molecule has 0 aliphatic heterocycles. The monoisotopic (exact) mass is 538 g/mol. The van der Waals surface area contributed by atoms with E-state index >= 15 is 0 Å². The molecule has 7 nitrogen and oxygen atoms in total. The first kappa shape index (κ1) is 26.8. The Hall–Kier alpha value is -3.30. The Labute approximate surface area is 224 Å². The second-order valence-electron chi connectivity index (χ2n) is 8.72. The number of esters is 1. The number of thioether (sulfide) groups is 1. The molecule has 1 aliphatic rings. The molecule has 4 rings (SSSR count). The van der Waals surface area contributed by atoms with Crippen LogP contribution in [0, 0.1) is 0 Å². The van der Waals surface area contributed by atoms with Crippen molar-refractivity contribution in [1.82, 2.24) is 0 Å². The molecule has 3 aromatic rings. The summed E-state index contributed by atoms with van der Waals surface area (Å²) in [6, 6.07) is 14.3. The van der Waals surface area contributed by atoms with Crippen LogP contribution in [0.5, 0.6) is 5.75 Å². The van der Waals surface area contributed by atoms with Crippen molar-refractivity contribution >= 4 is 51.6 Å². The number of hydrogen-bond donors (Lipinski definition) is 2. The fourth-order valence-corrected chi connectivity index (χ4v) is 6.44. The van der Waals surface area contributed by atoms with Gasteiger partial charge in [0.25, 0.3) is 5.91 Å². The number of amides is 2. The van der Waals surface area contributed by atoms with Crippen molar-refractivity contribution in [2.45, 2.75) is 49.2 Å². The van der Waals surface area contributed by atoms with Crippen molar-refractivity contribution in [3.05, 3.63) is 70.1 Å². The number of ether oxygens (including phenoxy) is 2. The van der Waals surface area contributed by atoms with Gasteiger partial charge in [0.15, 0.2) is 0 Å². The van der Waals surface area contributed by atoms with Gasteiger partial charge in [0.05, 0.1) is 25.0 Å². The van der Waals surface area contributed by atoms with Crippen molar-refractivity contribution in [1.29, 1.82) is 0 Å². The predicted octanol–water partition coefficient (Wildman–Crippen LogP) is 6.18. The van der Waals surface area contributed by atoms with Gasteiger partial charge in [0.1, 0.15) is 10.8 Å². The summed E-state index contributed by atoms with van der Waals surface area (Å²) in [6.45, 7) is 1.82. The molecule has 0 spiro atoms. The van der Waals surface area contributed by atoms with Crippen LogP contribution < -0.4 is 15.4 Å². The first-order valence-corrected chi connectivity index (χ1v) is 13.8. The van der Waals surface area contributed by atoms with Gasteiger partial charge < -0.3 is 20.1 Å². The van der Waals surface area contributed by atoms with Gasteiger partial charge in [-0.3, -0.25) is 9.59 Å². The third kappa shape index (κ3) is 6.53. The topological polar surface area (TPSA) is 93.7 Å². The van der Waals surface area contributed by atoms with E-state index in [2.05, 4.69) is 10.6 Å². The third-order valence-corrected chi connectivity index (χ3v) is 8.45. The highest BCUT2D eigenvalue weighted by molar-refractivity contribution is 8.00. The molecule has 9 heteroatoms. The van der Waals surface area contributed by atoms with Gasteiger partial charge in [-0.15, -0.1) is 23.1 Å². The zero-order chi connectivity index (χ0) is 26.4. The van der Waals surface area contributed by atoms with Gasteiger partial charge in [-0.1, -0.05) is 18.6 Å². The molecule has 2 aromatic carbocycles. The highest BCUT2D eigenvalue weighted by Crippen LogP contribution is 2.38. The van der Waals surface area contributed by atoms with Crippen molar-refractivity contribution in [2.75, 3.05) is 24.9 Å². The fraction of sp³-hybridized carbons (Fsp3) is 0.321. The van der Waals surface area contributed by atoms with Gasteiger partial charge in [-0.05, 0) is 74.6 Å². The Morgan fingerprint density at radius 1 is 0.973 bits per heavy atom. The number of anilines is 2. The minimum atomic E-state index is -0.434. The number of thiophene rings is 1. The van der Waals surface area contributed by atoms with Crippen LogP contribution >= 0.6 is 23.1 Å². The number of methoxy groups -OCH3 is 2. The summed E-state index contributed by atoms with van der Waals surface area (Å²) in [4.78, 5) is 40.3. The molecule has 0 saturated heterocycles. The summed E-state index contributed by atoms with van der Waals surface area (Å²) < 4.78 is 10.2. The molecule has 0 radical (unpaired) electrons. The van der Waals surface area contributed by atoms with Gasteiger partial charge in [-0.25, -0.2) is 4.79 Å². The summed E-state index contributed by atoms with van der Waals surface area (Å²) in [5.41, 5.74) is 2.63. The lowest BCUT2D eigenvalue weighted by molar-refractivity contribution is -0.115. The van der Waals surface area contributed by atoms with E-state index in [4.69, 9.17) is 9.47 Å². The molecule has 1 aliphatic carbocycles. The molecule has 0 bridgehead atoms. The van der Waals surface area contributed by atoms with E-state index < -0.39 is 11.2 Å². The molecule has 1 unspecified atom stereocenters. The minimum Gasteiger partial charge on any atom is -0.497 e. The van der Waals surface area contributed by atoms with Crippen LogP contribution in [0.4, 0.5) is 10.7 Å². The molecule has 37 heavy (non-hydrogen) atoms. The lowest BCUT2D eigenvalue weighted by Crippen LogP contribution is -2.23. The van der Waals surface area contributed by atoms with E-state index in [0.717, 1.165) is 47.4 Å². The number of aryl methyl sites for hydroxylation is 1. The largest absolute Gasteiger partial charge is 0.497 e. The van der Waals surface area contributed by atoms with Crippen LogP contribution in [0.15, 0.2) is 53.4 Å². The number of benzene rings is 2. The average Bonchev–Trinajstić information content (AvgIpc) is 3.08. The molecule has 1 atom stereocenters. The van der Waals surface area contributed by atoms with Crippen LogP contribution in [0.3, 0.4) is 0 Å². The fourth-order valence-electron chi connectivity index (χ4n) is 4.23. The van der Waals surface area contributed by atoms with Gasteiger partial charge in [0, 0.05) is 21.0 Å². The molecule has 0 fully saturated rings. The number of hydrogen-bond acceptors (Lipinski definition) is 7. The lowest BCUT2D eigenvalue weighted by atomic mass is 10.1. The molecule has 1 aromatic heterocycles. The van der Waals surface area contributed by atoms with Crippen LogP contribution in [0.2, 0.25) is 0 Å². The van der Waals surface area contributed by atoms with E-state index in [1.54, 1.807) is 37.4 Å². The van der Waals surface area contributed by atoms with Crippen LogP contribution in [-0.2, 0) is 22.4 Å². The lowest BCUT2D eigenvalue weighted by Gasteiger charge is -2.13. The standard InChI is InChI=1S/C28H30N2O5S2/c1-17(25(31)30-27-24(28(33)35-3)22-13-5-4-6-14-23(22)37-27)36-21-12-8-10-19(16-21)29-26(32)18-9-7-11-20(15-18)34-2/h7-12,15-17H,4-6,13-14H2,1-3H3,(H,29,32)(H,30,31). The van der Waals surface area contributed by atoms with E-state index in [1.165, 1.54) is 30.2 Å². The van der Waals surface area contributed by atoms with Gasteiger partial charge in [0.2, 0.25) is 5.91 Å². The molecular formula is C28H30N2O5S2. The maximum atomic E-state index is 13.1. The predicted molar refractivity (Wildman–Crippen MR) is 148 cm³/mol. The number of rotatable bonds is 8. The number of carbonyl (C=O) groups excluding carboxylic acids is 3. The van der Waals surface area contributed by atoms with Crippen molar-refractivity contribution in [2.24, 2.45) is 0 Å². The molecule has 1 heterocycles. The summed E-state index contributed by atoms with van der Waals surface area (Å²) in [5, 5.41) is 6.00. The first-order valence-electron chi connectivity index (χ1n) is 12.2. The van der Waals surface area contributed by atoms with Crippen LogP contribution in [0.25, 0.3) is 0 Å². The second-order valence-corrected chi connectivity index (χ2v) is 11.2. The SMILES string of the molecule is COC(=O)c1c(NC(=O)C(C)Sc2cccc(NC(=O)c3cccc(OC)c3)c2)sc2c1CCCCC2. The summed E-state index contributed by atoms with van der Waals surface area (Å²) >= 11 is 2.86. The number of nitrogens with one attached hydrogen (secondary N) is 2. The second kappa shape index (κ2) is 12.3. The number of carbonyl (C=O) groups is 3. The Kier molecular flexibility index (Phi) is 8.89. The van der Waals surface area contributed by atoms with Crippen molar-refractivity contribution < 1.29 is 23.9 Å². The first-order chi connectivity index (χ1) is 17.9. The minimum absolute atomic E-state index is 0.197. The zero-order valence-corrected chi connectivity index (χ0v) is 22.7. The van der Waals surface area contributed by atoms with Crippen molar-refractivity contribution in [3.8, 4) is 5.75 Å². The highest BCUT2D eigenvalue weighted by Gasteiger charge is 2.27. The molecular weight excluding hydrogens is 508 g/mol.